The quantitative estimate of drug-likeness (QED) is 0.429. The standard InChI is InChI=1S/C24H21N3O2S2/c1-13-10-11-20(30-13)18-12-16(14-6-2-4-8-17(14)26-18)23(29)27-24-21(22(25)28)15-7-3-5-9-19(15)31-24/h2,4,6,8,10-12H,3,5,7,9H2,1H3,(H2,25,28)(H,27,29). The number of hydrogen-bond acceptors (Lipinski definition) is 5. The molecule has 1 aliphatic rings. The van der Waals surface area contributed by atoms with Gasteiger partial charge in [0.2, 0.25) is 0 Å². The summed E-state index contributed by atoms with van der Waals surface area (Å²) in [5.41, 5.74) is 9.24. The van der Waals surface area contributed by atoms with Crippen molar-refractivity contribution in [3.05, 3.63) is 68.9 Å². The van der Waals surface area contributed by atoms with Gasteiger partial charge in [-0.2, -0.15) is 0 Å². The number of primary amides is 1. The third-order valence-electron chi connectivity index (χ3n) is 5.60. The molecule has 0 aliphatic heterocycles. The van der Waals surface area contributed by atoms with E-state index < -0.39 is 5.91 Å². The van der Waals surface area contributed by atoms with Gasteiger partial charge in [0, 0.05) is 15.1 Å². The van der Waals surface area contributed by atoms with Crippen LogP contribution in [0.1, 0.15) is 48.9 Å². The van der Waals surface area contributed by atoms with E-state index in [1.54, 1.807) is 11.3 Å². The maximum atomic E-state index is 13.4. The van der Waals surface area contributed by atoms with Crippen LogP contribution in [0.5, 0.6) is 0 Å². The summed E-state index contributed by atoms with van der Waals surface area (Å²) in [7, 11) is 0. The second-order valence-electron chi connectivity index (χ2n) is 7.72. The van der Waals surface area contributed by atoms with Crippen molar-refractivity contribution in [2.75, 3.05) is 5.32 Å². The zero-order chi connectivity index (χ0) is 21.5. The van der Waals surface area contributed by atoms with Crippen LogP contribution in [0.4, 0.5) is 5.00 Å². The van der Waals surface area contributed by atoms with Gasteiger partial charge in [-0.05, 0) is 62.4 Å². The smallest absolute Gasteiger partial charge is 0.257 e. The molecule has 0 unspecified atom stereocenters. The number of pyridine rings is 1. The number of thiophene rings is 2. The number of carbonyl (C=O) groups is 2. The van der Waals surface area contributed by atoms with Crippen LogP contribution >= 0.6 is 22.7 Å². The molecule has 0 saturated heterocycles. The van der Waals surface area contributed by atoms with E-state index in [0.717, 1.165) is 57.6 Å². The molecule has 0 bridgehead atoms. The fourth-order valence-electron chi connectivity index (χ4n) is 4.15. The number of nitrogens with one attached hydrogen (secondary N) is 1. The van der Waals surface area contributed by atoms with Gasteiger partial charge in [-0.25, -0.2) is 4.98 Å². The summed E-state index contributed by atoms with van der Waals surface area (Å²) < 4.78 is 0. The number of fused-ring (bicyclic) bond motifs is 2. The Balaban J connectivity index is 1.59. The van der Waals surface area contributed by atoms with Crippen molar-refractivity contribution < 1.29 is 9.59 Å². The average molecular weight is 448 g/mol. The molecule has 0 radical (unpaired) electrons. The number of aromatic nitrogens is 1. The zero-order valence-electron chi connectivity index (χ0n) is 17.0. The topological polar surface area (TPSA) is 85.1 Å². The summed E-state index contributed by atoms with van der Waals surface area (Å²) in [6.45, 7) is 2.05. The van der Waals surface area contributed by atoms with Crippen molar-refractivity contribution in [1.29, 1.82) is 0 Å². The van der Waals surface area contributed by atoms with Crippen molar-refractivity contribution in [2.24, 2.45) is 5.73 Å². The van der Waals surface area contributed by atoms with Crippen LogP contribution in [0, 0.1) is 6.92 Å². The Bertz CT molecular complexity index is 1340. The fourth-order valence-corrected chi connectivity index (χ4v) is 6.26. The van der Waals surface area contributed by atoms with E-state index >= 15 is 0 Å². The molecule has 5 nitrogen and oxygen atoms in total. The second-order valence-corrected chi connectivity index (χ2v) is 10.1. The molecule has 3 N–H and O–H groups in total. The first-order valence-corrected chi connectivity index (χ1v) is 11.9. The van der Waals surface area contributed by atoms with Crippen LogP contribution in [-0.2, 0) is 12.8 Å². The summed E-state index contributed by atoms with van der Waals surface area (Å²) >= 11 is 3.12. The van der Waals surface area contributed by atoms with Gasteiger partial charge < -0.3 is 11.1 Å². The highest BCUT2D eigenvalue weighted by Gasteiger charge is 2.26. The highest BCUT2D eigenvalue weighted by Crippen LogP contribution is 2.38. The molecule has 4 aromatic rings. The third-order valence-corrected chi connectivity index (χ3v) is 7.83. The number of aryl methyl sites for hydroxylation is 2. The van der Waals surface area contributed by atoms with Crippen LogP contribution in [0.3, 0.4) is 0 Å². The Kier molecular flexibility index (Phi) is 5.08. The maximum absolute atomic E-state index is 13.4. The van der Waals surface area contributed by atoms with Crippen molar-refractivity contribution in [3.63, 3.8) is 0 Å². The molecule has 5 rings (SSSR count). The highest BCUT2D eigenvalue weighted by molar-refractivity contribution is 7.17. The van der Waals surface area contributed by atoms with Crippen molar-refractivity contribution in [3.8, 4) is 10.6 Å². The number of hydrogen-bond donors (Lipinski definition) is 2. The molecular weight excluding hydrogens is 426 g/mol. The molecule has 1 aromatic carbocycles. The molecule has 0 saturated carbocycles. The minimum absolute atomic E-state index is 0.255. The first-order valence-electron chi connectivity index (χ1n) is 10.2. The minimum Gasteiger partial charge on any atom is -0.365 e. The van der Waals surface area contributed by atoms with E-state index in [2.05, 4.69) is 5.32 Å². The predicted molar refractivity (Wildman–Crippen MR) is 127 cm³/mol. The van der Waals surface area contributed by atoms with Crippen molar-refractivity contribution >= 4 is 50.4 Å². The largest absolute Gasteiger partial charge is 0.365 e. The van der Waals surface area contributed by atoms with Gasteiger partial charge >= 0.3 is 0 Å². The number of amides is 2. The number of benzene rings is 1. The highest BCUT2D eigenvalue weighted by atomic mass is 32.1. The molecular formula is C24H21N3O2S2. The molecule has 31 heavy (non-hydrogen) atoms. The molecule has 0 spiro atoms. The minimum atomic E-state index is -0.482. The molecule has 3 aromatic heterocycles. The van der Waals surface area contributed by atoms with Gasteiger partial charge in [-0.15, -0.1) is 22.7 Å². The van der Waals surface area contributed by atoms with Crippen LogP contribution in [0.25, 0.3) is 21.5 Å². The zero-order valence-corrected chi connectivity index (χ0v) is 18.7. The predicted octanol–water partition coefficient (Wildman–Crippen LogP) is 5.56. The van der Waals surface area contributed by atoms with Crippen LogP contribution < -0.4 is 11.1 Å². The van der Waals surface area contributed by atoms with Crippen LogP contribution in [0.15, 0.2) is 42.5 Å². The Labute approximate surface area is 187 Å². The van der Waals surface area contributed by atoms with Gasteiger partial charge in [0.25, 0.3) is 11.8 Å². The number of nitrogens with two attached hydrogens (primary N) is 1. The van der Waals surface area contributed by atoms with E-state index in [4.69, 9.17) is 10.7 Å². The van der Waals surface area contributed by atoms with Gasteiger partial charge in [0.05, 0.1) is 27.2 Å². The summed E-state index contributed by atoms with van der Waals surface area (Å²) in [5.74, 6) is -0.738. The van der Waals surface area contributed by atoms with Gasteiger partial charge in [0.1, 0.15) is 5.00 Å². The molecule has 0 atom stereocenters. The van der Waals surface area contributed by atoms with E-state index in [9.17, 15) is 9.59 Å². The maximum Gasteiger partial charge on any atom is 0.257 e. The molecule has 0 fully saturated rings. The Morgan fingerprint density at radius 2 is 1.87 bits per heavy atom. The Hall–Kier alpha value is -3.03. The lowest BCUT2D eigenvalue weighted by Crippen LogP contribution is -2.19. The summed E-state index contributed by atoms with van der Waals surface area (Å²) in [6.07, 6.45) is 3.89. The third kappa shape index (κ3) is 3.64. The van der Waals surface area contributed by atoms with Gasteiger partial charge in [-0.3, -0.25) is 9.59 Å². The van der Waals surface area contributed by atoms with E-state index in [0.29, 0.717) is 16.1 Å². The Morgan fingerprint density at radius 1 is 1.06 bits per heavy atom. The average Bonchev–Trinajstić information content (AvgIpc) is 3.36. The first kappa shape index (κ1) is 19.9. The van der Waals surface area contributed by atoms with Crippen LogP contribution in [-0.4, -0.2) is 16.8 Å². The fraction of sp³-hybridized carbons (Fsp3) is 0.208. The first-order chi connectivity index (χ1) is 15.0. The number of nitrogens with zero attached hydrogens (tertiary/aromatic N) is 1. The molecule has 1 aliphatic carbocycles. The molecule has 7 heteroatoms. The number of rotatable bonds is 4. The summed E-state index contributed by atoms with van der Waals surface area (Å²) in [6, 6.07) is 13.5. The number of carbonyl (C=O) groups excluding carboxylic acids is 2. The van der Waals surface area contributed by atoms with Crippen molar-refractivity contribution in [1.82, 2.24) is 4.98 Å². The number of para-hydroxylation sites is 1. The molecule has 3 heterocycles. The van der Waals surface area contributed by atoms with Gasteiger partial charge in [-0.1, -0.05) is 18.2 Å². The van der Waals surface area contributed by atoms with E-state index in [1.165, 1.54) is 16.2 Å². The lowest BCUT2D eigenvalue weighted by molar-refractivity contribution is 0.100. The van der Waals surface area contributed by atoms with Crippen molar-refractivity contribution in [2.45, 2.75) is 32.6 Å². The molecule has 2 amide bonds. The summed E-state index contributed by atoms with van der Waals surface area (Å²) in [5, 5.41) is 4.33. The van der Waals surface area contributed by atoms with Crippen LogP contribution in [0.2, 0.25) is 0 Å². The monoisotopic (exact) mass is 447 g/mol. The molecule has 156 valence electrons. The lowest BCUT2D eigenvalue weighted by Gasteiger charge is -2.11. The SMILES string of the molecule is Cc1ccc(-c2cc(C(=O)Nc3sc4c(c3C(N)=O)CCCC4)c3ccccc3n2)s1. The lowest BCUT2D eigenvalue weighted by atomic mass is 9.95. The van der Waals surface area contributed by atoms with E-state index in [-0.39, 0.29) is 5.91 Å². The summed E-state index contributed by atoms with van der Waals surface area (Å²) in [4.78, 5) is 33.7. The van der Waals surface area contributed by atoms with Gasteiger partial charge in [0.15, 0.2) is 0 Å². The number of anilines is 1. The normalized spacial score (nSPS) is 13.2. The van der Waals surface area contributed by atoms with E-state index in [1.807, 2.05) is 49.4 Å². The second kappa shape index (κ2) is 7.90. The Morgan fingerprint density at radius 3 is 2.65 bits per heavy atom.